The molecule has 0 unspecified atom stereocenters. The second-order valence-corrected chi connectivity index (χ2v) is 9.00. The molecule has 6 rings (SSSR count). The highest BCUT2D eigenvalue weighted by Crippen LogP contribution is 2.46. The average molecular weight is 501 g/mol. The van der Waals surface area contributed by atoms with E-state index in [4.69, 9.17) is 4.74 Å². The molecule has 0 saturated carbocycles. The van der Waals surface area contributed by atoms with E-state index < -0.39 is 0 Å². The van der Waals surface area contributed by atoms with E-state index in [0.717, 1.165) is 50.5 Å². The number of pyridine rings is 1. The summed E-state index contributed by atoms with van der Waals surface area (Å²) >= 11 is 0. The van der Waals surface area contributed by atoms with Gasteiger partial charge in [0.2, 0.25) is 5.88 Å². The summed E-state index contributed by atoms with van der Waals surface area (Å²) in [6, 6.07) is 19.6. The Kier molecular flexibility index (Phi) is 5.74. The zero-order valence-corrected chi connectivity index (χ0v) is 21.2. The van der Waals surface area contributed by atoms with E-state index in [1.54, 1.807) is 13.3 Å². The lowest BCUT2D eigenvalue weighted by atomic mass is 9.95. The molecule has 3 aromatic heterocycles. The Morgan fingerprint density at radius 1 is 1.11 bits per heavy atom. The first-order chi connectivity index (χ1) is 18.5. The van der Waals surface area contributed by atoms with Crippen molar-refractivity contribution < 1.29 is 9.53 Å². The summed E-state index contributed by atoms with van der Waals surface area (Å²) in [5.74, 6) is 6.83. The number of amides is 1. The summed E-state index contributed by atoms with van der Waals surface area (Å²) in [7, 11) is 2.01. The maximum Gasteiger partial charge on any atom is 0.300 e. The fourth-order valence-electron chi connectivity index (χ4n) is 4.87. The molecule has 1 aliphatic heterocycles. The molecule has 2 N–H and O–H groups in total. The Morgan fingerprint density at radius 3 is 2.74 bits per heavy atom. The lowest BCUT2D eigenvalue weighted by molar-refractivity contribution is -0.111. The standard InChI is InChI=1S/C30H24N6O2/c1-4-6-24(37)35-21-11-9-19(10-12-21)28-26-23-14-13-22(38-25-8-5-7-18(2)34-25)15-20(23)16-31-29-27(26)30(36(28)3)33-17-32-29/h5,7-15,17H,16H2,1-3H3,(H,35,37)(H,31,32,33). The molecule has 0 fully saturated rings. The molecule has 0 spiro atoms. The quantitative estimate of drug-likeness (QED) is 0.308. The Balaban J connectivity index is 1.46. The number of nitrogens with zero attached hydrogens (tertiary/aromatic N) is 4. The van der Waals surface area contributed by atoms with Crippen molar-refractivity contribution in [2.24, 2.45) is 7.05 Å². The van der Waals surface area contributed by atoms with Crippen LogP contribution in [0.1, 0.15) is 18.2 Å². The number of hydrogen-bond donors (Lipinski definition) is 2. The number of hydrogen-bond acceptors (Lipinski definition) is 6. The third kappa shape index (κ3) is 4.10. The molecule has 1 aliphatic rings. The molecule has 8 heteroatoms. The van der Waals surface area contributed by atoms with Crippen LogP contribution < -0.4 is 15.4 Å². The molecule has 0 radical (unpaired) electrons. The summed E-state index contributed by atoms with van der Waals surface area (Å²) in [5, 5.41) is 7.25. The SMILES string of the molecule is CC#CC(=O)Nc1ccc(-c2c3c4c(ncnc4n2C)NCc2cc(Oc4cccc(C)n4)ccc2-3)cc1. The van der Waals surface area contributed by atoms with Crippen molar-refractivity contribution >= 4 is 28.4 Å². The maximum absolute atomic E-state index is 11.9. The molecule has 38 heavy (non-hydrogen) atoms. The number of carbonyl (C=O) groups excluding carboxylic acids is 1. The van der Waals surface area contributed by atoms with E-state index in [2.05, 4.69) is 48.1 Å². The average Bonchev–Trinajstić information content (AvgIpc) is 3.10. The van der Waals surface area contributed by atoms with E-state index >= 15 is 0 Å². The molecule has 0 aliphatic carbocycles. The van der Waals surface area contributed by atoms with Crippen LogP contribution in [0, 0.1) is 18.8 Å². The first-order valence-electron chi connectivity index (χ1n) is 12.2. The molecular formula is C30H24N6O2. The summed E-state index contributed by atoms with van der Waals surface area (Å²) in [6.45, 7) is 4.16. The first-order valence-corrected chi connectivity index (χ1v) is 12.2. The van der Waals surface area contributed by atoms with Crippen molar-refractivity contribution in [1.82, 2.24) is 19.5 Å². The third-order valence-corrected chi connectivity index (χ3v) is 6.50. The zero-order chi connectivity index (χ0) is 26.2. The van der Waals surface area contributed by atoms with Gasteiger partial charge in [0, 0.05) is 36.6 Å². The lowest BCUT2D eigenvalue weighted by Crippen LogP contribution is -2.08. The van der Waals surface area contributed by atoms with Crippen molar-refractivity contribution in [3.8, 4) is 45.9 Å². The third-order valence-electron chi connectivity index (χ3n) is 6.50. The van der Waals surface area contributed by atoms with Crippen LogP contribution >= 0.6 is 0 Å². The van der Waals surface area contributed by atoms with Crippen LogP contribution in [0.25, 0.3) is 33.4 Å². The predicted octanol–water partition coefficient (Wildman–Crippen LogP) is 5.69. The zero-order valence-electron chi connectivity index (χ0n) is 21.2. The van der Waals surface area contributed by atoms with Crippen LogP contribution in [0.15, 0.2) is 67.0 Å². The summed E-state index contributed by atoms with van der Waals surface area (Å²) in [6.07, 6.45) is 1.58. The second kappa shape index (κ2) is 9.37. The van der Waals surface area contributed by atoms with Crippen LogP contribution in [-0.4, -0.2) is 25.4 Å². The molecule has 0 bridgehead atoms. The van der Waals surface area contributed by atoms with Crippen LogP contribution in [0.3, 0.4) is 0 Å². The number of aromatic nitrogens is 4. The molecule has 0 atom stereocenters. The van der Waals surface area contributed by atoms with Crippen molar-refractivity contribution in [2.75, 3.05) is 10.6 Å². The highest BCUT2D eigenvalue weighted by atomic mass is 16.5. The fourth-order valence-corrected chi connectivity index (χ4v) is 4.87. The minimum absolute atomic E-state index is 0.338. The number of ether oxygens (including phenoxy) is 1. The highest BCUT2D eigenvalue weighted by molar-refractivity contribution is 6.09. The van der Waals surface area contributed by atoms with E-state index in [9.17, 15) is 4.79 Å². The Hall–Kier alpha value is -5.16. The van der Waals surface area contributed by atoms with Gasteiger partial charge in [-0.15, -0.1) is 0 Å². The first kappa shape index (κ1) is 23.3. The topological polar surface area (TPSA) is 94.0 Å². The summed E-state index contributed by atoms with van der Waals surface area (Å²) < 4.78 is 8.17. The fraction of sp³-hybridized carbons (Fsp3) is 0.133. The number of benzene rings is 2. The Labute approximate surface area is 219 Å². The van der Waals surface area contributed by atoms with E-state index in [0.29, 0.717) is 23.9 Å². The van der Waals surface area contributed by atoms with Gasteiger partial charge in [-0.25, -0.2) is 15.0 Å². The van der Waals surface area contributed by atoms with Crippen molar-refractivity contribution in [3.63, 3.8) is 0 Å². The van der Waals surface area contributed by atoms with Gasteiger partial charge in [0.25, 0.3) is 5.91 Å². The van der Waals surface area contributed by atoms with Crippen LogP contribution in [0.5, 0.6) is 11.6 Å². The lowest BCUT2D eigenvalue weighted by Gasteiger charge is -2.14. The number of fused-ring (bicyclic) bond motifs is 2. The number of carbonyl (C=O) groups is 1. The molecule has 5 aromatic rings. The van der Waals surface area contributed by atoms with Crippen LogP contribution in [0.2, 0.25) is 0 Å². The molecular weight excluding hydrogens is 476 g/mol. The monoisotopic (exact) mass is 500 g/mol. The largest absolute Gasteiger partial charge is 0.439 e. The minimum Gasteiger partial charge on any atom is -0.439 e. The normalized spacial score (nSPS) is 11.6. The van der Waals surface area contributed by atoms with Crippen LogP contribution in [-0.2, 0) is 18.4 Å². The molecule has 2 aromatic carbocycles. The maximum atomic E-state index is 11.9. The minimum atomic E-state index is -0.338. The number of aryl methyl sites for hydroxylation is 2. The molecule has 8 nitrogen and oxygen atoms in total. The second-order valence-electron chi connectivity index (χ2n) is 9.00. The number of rotatable bonds is 4. The highest BCUT2D eigenvalue weighted by Gasteiger charge is 2.26. The van der Waals surface area contributed by atoms with Gasteiger partial charge in [0.05, 0.1) is 11.1 Å². The molecule has 1 amide bonds. The number of nitrogens with one attached hydrogen (secondary N) is 2. The summed E-state index contributed by atoms with van der Waals surface area (Å²) in [5.41, 5.74) is 7.60. The predicted molar refractivity (Wildman–Crippen MR) is 148 cm³/mol. The molecule has 186 valence electrons. The van der Waals surface area contributed by atoms with E-state index in [1.165, 1.54) is 0 Å². The number of anilines is 2. The Bertz CT molecular complexity index is 1780. The van der Waals surface area contributed by atoms with Gasteiger partial charge >= 0.3 is 0 Å². The van der Waals surface area contributed by atoms with Gasteiger partial charge < -0.3 is 19.9 Å². The van der Waals surface area contributed by atoms with Crippen molar-refractivity contribution in [2.45, 2.75) is 20.4 Å². The van der Waals surface area contributed by atoms with Crippen molar-refractivity contribution in [3.05, 3.63) is 78.2 Å². The van der Waals surface area contributed by atoms with Gasteiger partial charge in [-0.05, 0) is 66.8 Å². The van der Waals surface area contributed by atoms with E-state index in [1.807, 2.05) is 68.6 Å². The van der Waals surface area contributed by atoms with Gasteiger partial charge in [-0.3, -0.25) is 4.79 Å². The Morgan fingerprint density at radius 2 is 1.95 bits per heavy atom. The summed E-state index contributed by atoms with van der Waals surface area (Å²) in [4.78, 5) is 25.5. The van der Waals surface area contributed by atoms with Gasteiger partial charge in [-0.2, -0.15) is 0 Å². The molecule has 4 heterocycles. The smallest absolute Gasteiger partial charge is 0.300 e. The van der Waals surface area contributed by atoms with Crippen molar-refractivity contribution in [1.29, 1.82) is 0 Å². The van der Waals surface area contributed by atoms with Crippen LogP contribution in [0.4, 0.5) is 11.5 Å². The molecule has 0 saturated heterocycles. The van der Waals surface area contributed by atoms with Gasteiger partial charge in [-0.1, -0.05) is 30.2 Å². The van der Waals surface area contributed by atoms with Gasteiger partial charge in [0.1, 0.15) is 23.5 Å². The van der Waals surface area contributed by atoms with E-state index in [-0.39, 0.29) is 5.91 Å². The van der Waals surface area contributed by atoms with Gasteiger partial charge in [0.15, 0.2) is 0 Å².